The van der Waals surface area contributed by atoms with Crippen LogP contribution in [-0.4, -0.2) is 73.8 Å². The first-order chi connectivity index (χ1) is 11.5. The summed E-state index contributed by atoms with van der Waals surface area (Å²) in [5, 5.41) is 7.52. The molecule has 0 unspecified atom stereocenters. The fraction of sp³-hybridized carbons (Fsp3) is 0.800. The summed E-state index contributed by atoms with van der Waals surface area (Å²) in [6.45, 7) is 2.19. The van der Waals surface area contributed by atoms with E-state index in [0.29, 0.717) is 52.0 Å². The predicted octanol–water partition coefficient (Wildman–Crippen LogP) is 0.215. The number of sulfonamides is 1. The van der Waals surface area contributed by atoms with Crippen LogP contribution in [0.25, 0.3) is 0 Å². The summed E-state index contributed by atoms with van der Waals surface area (Å²) in [4.78, 5) is 13.8. The van der Waals surface area contributed by atoms with E-state index >= 15 is 0 Å². The van der Waals surface area contributed by atoms with Gasteiger partial charge in [0.05, 0.1) is 13.2 Å². The van der Waals surface area contributed by atoms with Crippen LogP contribution in [0, 0.1) is 12.3 Å². The molecule has 2 saturated heterocycles. The van der Waals surface area contributed by atoms with E-state index in [1.807, 2.05) is 0 Å². The largest absolute Gasteiger partial charge is 0.379 e. The molecule has 0 N–H and O–H groups in total. The summed E-state index contributed by atoms with van der Waals surface area (Å²) in [6.07, 6.45) is 7.37. The lowest BCUT2D eigenvalue weighted by atomic mass is 10.0. The van der Waals surface area contributed by atoms with Crippen LogP contribution in [0.3, 0.4) is 0 Å². The fourth-order valence-electron chi connectivity index (χ4n) is 2.98. The van der Waals surface area contributed by atoms with Crippen molar-refractivity contribution in [2.75, 3.05) is 39.4 Å². The van der Waals surface area contributed by atoms with Crippen molar-refractivity contribution in [3.8, 4) is 12.3 Å². The Hall–Kier alpha value is -1.50. The second kappa shape index (κ2) is 6.78. The van der Waals surface area contributed by atoms with Crippen molar-refractivity contribution in [2.24, 2.45) is 10.2 Å². The number of nitrogens with zero attached hydrogens (tertiary/aromatic N) is 4. The van der Waals surface area contributed by atoms with Gasteiger partial charge < -0.3 is 9.64 Å². The topological polar surface area (TPSA) is 91.6 Å². The number of carbonyl (C=O) groups excluding carboxylic acids is 1. The maximum Gasteiger partial charge on any atom is 0.222 e. The van der Waals surface area contributed by atoms with E-state index in [4.69, 9.17) is 11.2 Å². The van der Waals surface area contributed by atoms with E-state index in [0.717, 1.165) is 0 Å². The van der Waals surface area contributed by atoms with Crippen molar-refractivity contribution in [1.82, 2.24) is 9.21 Å². The van der Waals surface area contributed by atoms with Crippen molar-refractivity contribution in [3.05, 3.63) is 0 Å². The Morgan fingerprint density at radius 1 is 1.25 bits per heavy atom. The zero-order valence-electron chi connectivity index (χ0n) is 13.6. The molecule has 0 bridgehead atoms. The summed E-state index contributed by atoms with van der Waals surface area (Å²) in [5.74, 6) is 2.51. The summed E-state index contributed by atoms with van der Waals surface area (Å²) in [6, 6.07) is 0. The number of morpholine rings is 1. The number of amides is 1. The average Bonchev–Trinajstić information content (AvgIpc) is 3.31. The van der Waals surface area contributed by atoms with Crippen LogP contribution >= 0.6 is 0 Å². The summed E-state index contributed by atoms with van der Waals surface area (Å²) in [7, 11) is -3.33. The molecule has 0 saturated carbocycles. The zero-order chi connectivity index (χ0) is 17.2. The molecule has 0 aromatic rings. The molecular formula is C15H22N4O4S. The monoisotopic (exact) mass is 354 g/mol. The van der Waals surface area contributed by atoms with Gasteiger partial charge >= 0.3 is 0 Å². The van der Waals surface area contributed by atoms with Gasteiger partial charge in [0.1, 0.15) is 5.25 Å². The van der Waals surface area contributed by atoms with Gasteiger partial charge in [-0.1, -0.05) is 0 Å². The summed E-state index contributed by atoms with van der Waals surface area (Å²) < 4.78 is 31.6. The van der Waals surface area contributed by atoms with E-state index < -0.39 is 20.9 Å². The molecule has 3 rings (SSSR count). The minimum atomic E-state index is -3.33. The molecular weight excluding hydrogens is 332 g/mol. The first kappa shape index (κ1) is 17.3. The number of ether oxygens (including phenoxy) is 1. The number of hydrogen-bond donors (Lipinski definition) is 0. The Labute approximate surface area is 142 Å². The SMILES string of the molecule is C#CCCC1(CCC(=O)N2CC(S(=O)(=O)N3CCOCC3)C2)N=N1. The van der Waals surface area contributed by atoms with Crippen LogP contribution in [0.1, 0.15) is 25.7 Å². The number of terminal acetylenes is 1. The molecule has 0 spiro atoms. The molecule has 0 radical (unpaired) electrons. The molecule has 0 atom stereocenters. The highest BCUT2D eigenvalue weighted by Crippen LogP contribution is 2.38. The average molecular weight is 354 g/mol. The van der Waals surface area contributed by atoms with Gasteiger partial charge in [-0.05, 0) is 0 Å². The Bertz CT molecular complexity index is 651. The van der Waals surface area contributed by atoms with Crippen LogP contribution in [-0.2, 0) is 19.6 Å². The number of likely N-dealkylation sites (tertiary alicyclic amines) is 1. The minimum absolute atomic E-state index is 0.0409. The Morgan fingerprint density at radius 3 is 2.50 bits per heavy atom. The van der Waals surface area contributed by atoms with Crippen molar-refractivity contribution >= 4 is 15.9 Å². The smallest absolute Gasteiger partial charge is 0.222 e. The third kappa shape index (κ3) is 3.61. The van der Waals surface area contributed by atoms with Gasteiger partial charge in [-0.3, -0.25) is 4.79 Å². The van der Waals surface area contributed by atoms with Gasteiger partial charge in [0.2, 0.25) is 15.9 Å². The van der Waals surface area contributed by atoms with Crippen molar-refractivity contribution in [1.29, 1.82) is 0 Å². The van der Waals surface area contributed by atoms with Crippen molar-refractivity contribution in [2.45, 2.75) is 36.6 Å². The van der Waals surface area contributed by atoms with Crippen molar-refractivity contribution in [3.63, 3.8) is 0 Å². The van der Waals surface area contributed by atoms with Gasteiger partial charge in [0.15, 0.2) is 5.66 Å². The molecule has 3 aliphatic rings. The number of carbonyl (C=O) groups is 1. The normalized spacial score (nSPS) is 23.5. The summed E-state index contributed by atoms with van der Waals surface area (Å²) >= 11 is 0. The standard InChI is InChI=1S/C15H22N4O4S/c1-2-3-5-15(16-17-15)6-4-14(20)18-11-13(12-18)24(21,22)19-7-9-23-10-8-19/h1,13H,3-12H2. The highest BCUT2D eigenvalue weighted by molar-refractivity contribution is 7.89. The first-order valence-electron chi connectivity index (χ1n) is 8.19. The number of hydrogen-bond acceptors (Lipinski definition) is 6. The molecule has 2 fully saturated rings. The van der Waals surface area contributed by atoms with Crippen LogP contribution in [0.15, 0.2) is 10.2 Å². The van der Waals surface area contributed by atoms with Gasteiger partial charge in [-0.2, -0.15) is 14.5 Å². The van der Waals surface area contributed by atoms with Gasteiger partial charge in [-0.25, -0.2) is 8.42 Å². The lowest BCUT2D eigenvalue weighted by Crippen LogP contribution is -2.61. The van der Waals surface area contributed by atoms with E-state index in [2.05, 4.69) is 16.1 Å². The maximum atomic E-state index is 12.5. The lowest BCUT2D eigenvalue weighted by Gasteiger charge is -2.41. The van der Waals surface area contributed by atoms with Gasteiger partial charge in [0, 0.05) is 51.9 Å². The lowest BCUT2D eigenvalue weighted by molar-refractivity contribution is -0.134. The Balaban J connectivity index is 1.43. The van der Waals surface area contributed by atoms with Gasteiger partial charge in [0.25, 0.3) is 0 Å². The number of rotatable bonds is 7. The van der Waals surface area contributed by atoms with Crippen molar-refractivity contribution < 1.29 is 17.9 Å². The molecule has 24 heavy (non-hydrogen) atoms. The van der Waals surface area contributed by atoms with E-state index in [1.165, 1.54) is 4.31 Å². The molecule has 1 amide bonds. The van der Waals surface area contributed by atoms with E-state index in [-0.39, 0.29) is 19.0 Å². The predicted molar refractivity (Wildman–Crippen MR) is 86.6 cm³/mol. The van der Waals surface area contributed by atoms with E-state index in [1.54, 1.807) is 4.90 Å². The molecule has 3 aliphatic heterocycles. The summed E-state index contributed by atoms with van der Waals surface area (Å²) in [5.41, 5.74) is -0.466. The molecule has 0 aromatic carbocycles. The molecule has 132 valence electrons. The third-order valence-corrected chi connectivity index (χ3v) is 6.97. The highest BCUT2D eigenvalue weighted by Gasteiger charge is 2.44. The van der Waals surface area contributed by atoms with Gasteiger partial charge in [-0.15, -0.1) is 12.3 Å². The highest BCUT2D eigenvalue weighted by atomic mass is 32.2. The maximum absolute atomic E-state index is 12.5. The van der Waals surface area contributed by atoms with E-state index in [9.17, 15) is 13.2 Å². The molecule has 0 aromatic heterocycles. The first-order valence-corrected chi connectivity index (χ1v) is 9.69. The molecule has 3 heterocycles. The van der Waals surface area contributed by atoms with Crippen LogP contribution < -0.4 is 0 Å². The zero-order valence-corrected chi connectivity index (χ0v) is 14.4. The second-order valence-electron chi connectivity index (χ2n) is 6.36. The van der Waals surface area contributed by atoms with Crippen LogP contribution in [0.5, 0.6) is 0 Å². The second-order valence-corrected chi connectivity index (χ2v) is 8.58. The van der Waals surface area contributed by atoms with Crippen LogP contribution in [0.4, 0.5) is 0 Å². The van der Waals surface area contributed by atoms with Crippen LogP contribution in [0.2, 0.25) is 0 Å². The molecule has 0 aliphatic carbocycles. The fourth-order valence-corrected chi connectivity index (χ4v) is 4.79. The Morgan fingerprint density at radius 2 is 1.92 bits per heavy atom. The Kier molecular flexibility index (Phi) is 4.90. The minimum Gasteiger partial charge on any atom is -0.379 e. The molecule has 9 heteroatoms. The quantitative estimate of drug-likeness (QED) is 0.611. The third-order valence-electron chi connectivity index (χ3n) is 4.74. The molecule has 8 nitrogen and oxygen atoms in total.